The lowest BCUT2D eigenvalue weighted by molar-refractivity contribution is 0.561. The van der Waals surface area contributed by atoms with Gasteiger partial charge in [-0.05, 0) is 13.5 Å². The molecule has 14 heavy (non-hydrogen) atoms. The molecule has 0 atom stereocenters. The maximum Gasteiger partial charge on any atom is 0.0948 e. The molecule has 3 heteroatoms. The van der Waals surface area contributed by atoms with Gasteiger partial charge in [-0.1, -0.05) is 26.2 Å². The van der Waals surface area contributed by atoms with Gasteiger partial charge in [0.15, 0.2) is 0 Å². The summed E-state index contributed by atoms with van der Waals surface area (Å²) in [4.78, 5) is 4.16. The van der Waals surface area contributed by atoms with Crippen LogP contribution in [0.5, 0.6) is 0 Å². The van der Waals surface area contributed by atoms with E-state index in [1.165, 1.54) is 31.4 Å². The van der Waals surface area contributed by atoms with Crippen LogP contribution in [0, 0.1) is 0 Å². The van der Waals surface area contributed by atoms with Crippen molar-refractivity contribution in [1.82, 2.24) is 14.9 Å². The second-order valence-corrected chi connectivity index (χ2v) is 3.67. The molecule has 3 nitrogen and oxygen atoms in total. The van der Waals surface area contributed by atoms with E-state index in [0.29, 0.717) is 0 Å². The molecule has 0 amide bonds. The van der Waals surface area contributed by atoms with Crippen molar-refractivity contribution in [3.05, 3.63) is 18.2 Å². The third kappa shape index (κ3) is 3.50. The maximum atomic E-state index is 4.16. The SMILES string of the molecule is CCCCCCn1cncc1CNC. The van der Waals surface area contributed by atoms with E-state index < -0.39 is 0 Å². The summed E-state index contributed by atoms with van der Waals surface area (Å²) in [6, 6.07) is 0. The van der Waals surface area contributed by atoms with Gasteiger partial charge in [0.25, 0.3) is 0 Å². The Bertz CT molecular complexity index is 242. The number of imidazole rings is 1. The highest BCUT2D eigenvalue weighted by Crippen LogP contribution is 2.04. The Morgan fingerprint density at radius 3 is 2.93 bits per heavy atom. The monoisotopic (exact) mass is 195 g/mol. The molecular weight excluding hydrogens is 174 g/mol. The molecule has 1 aromatic rings. The average Bonchev–Trinajstić information content (AvgIpc) is 2.61. The molecule has 0 aliphatic carbocycles. The first-order valence-electron chi connectivity index (χ1n) is 5.52. The second-order valence-electron chi connectivity index (χ2n) is 3.67. The zero-order valence-corrected chi connectivity index (χ0v) is 9.29. The Kier molecular flexibility index (Phi) is 5.30. The molecule has 0 saturated carbocycles. The van der Waals surface area contributed by atoms with Gasteiger partial charge in [0.2, 0.25) is 0 Å². The van der Waals surface area contributed by atoms with Crippen molar-refractivity contribution < 1.29 is 0 Å². The van der Waals surface area contributed by atoms with Gasteiger partial charge >= 0.3 is 0 Å². The van der Waals surface area contributed by atoms with E-state index in [-0.39, 0.29) is 0 Å². The van der Waals surface area contributed by atoms with Crippen LogP contribution in [0.15, 0.2) is 12.5 Å². The number of rotatable bonds is 7. The van der Waals surface area contributed by atoms with Gasteiger partial charge < -0.3 is 9.88 Å². The molecule has 0 aromatic carbocycles. The number of hydrogen-bond donors (Lipinski definition) is 1. The number of nitrogens with zero attached hydrogens (tertiary/aromatic N) is 2. The molecule has 1 N–H and O–H groups in total. The smallest absolute Gasteiger partial charge is 0.0948 e. The molecular formula is C11H21N3. The fraction of sp³-hybridized carbons (Fsp3) is 0.727. The van der Waals surface area contributed by atoms with Crippen molar-refractivity contribution in [2.24, 2.45) is 0 Å². The van der Waals surface area contributed by atoms with Crippen LogP contribution >= 0.6 is 0 Å². The Hall–Kier alpha value is -0.830. The van der Waals surface area contributed by atoms with Crippen LogP contribution in [0.25, 0.3) is 0 Å². The Labute approximate surface area is 86.5 Å². The molecule has 0 aliphatic heterocycles. The molecule has 1 aromatic heterocycles. The third-order valence-electron chi connectivity index (χ3n) is 2.41. The number of unbranched alkanes of at least 4 members (excludes halogenated alkanes) is 3. The lowest BCUT2D eigenvalue weighted by Gasteiger charge is -2.06. The molecule has 0 spiro atoms. The molecule has 0 radical (unpaired) electrons. The van der Waals surface area contributed by atoms with Gasteiger partial charge in [-0.25, -0.2) is 4.98 Å². The molecule has 1 heterocycles. The molecule has 0 fully saturated rings. The van der Waals surface area contributed by atoms with Crippen LogP contribution in [-0.4, -0.2) is 16.6 Å². The van der Waals surface area contributed by atoms with Crippen molar-refractivity contribution in [1.29, 1.82) is 0 Å². The summed E-state index contributed by atoms with van der Waals surface area (Å²) in [5.41, 5.74) is 1.28. The number of nitrogens with one attached hydrogen (secondary N) is 1. The molecule has 1 rings (SSSR count). The number of aryl methyl sites for hydroxylation is 1. The van der Waals surface area contributed by atoms with E-state index in [2.05, 4.69) is 21.8 Å². The lowest BCUT2D eigenvalue weighted by Crippen LogP contribution is -2.10. The predicted octanol–water partition coefficient (Wildman–Crippen LogP) is 2.18. The Balaban J connectivity index is 2.30. The fourth-order valence-electron chi connectivity index (χ4n) is 1.59. The molecule has 0 saturated heterocycles. The standard InChI is InChI=1S/C11H21N3/c1-3-4-5-6-7-14-10-13-9-11(14)8-12-2/h9-10,12H,3-8H2,1-2H3. The first-order valence-corrected chi connectivity index (χ1v) is 5.52. The number of aromatic nitrogens is 2. The first-order chi connectivity index (χ1) is 6.88. The van der Waals surface area contributed by atoms with Crippen molar-refractivity contribution in [2.45, 2.75) is 45.7 Å². The third-order valence-corrected chi connectivity index (χ3v) is 2.41. The summed E-state index contributed by atoms with van der Waals surface area (Å²) >= 11 is 0. The zero-order valence-electron chi connectivity index (χ0n) is 9.29. The van der Waals surface area contributed by atoms with Crippen LogP contribution in [0.1, 0.15) is 38.3 Å². The Morgan fingerprint density at radius 1 is 1.36 bits per heavy atom. The van der Waals surface area contributed by atoms with Crippen LogP contribution in [-0.2, 0) is 13.1 Å². The summed E-state index contributed by atoms with van der Waals surface area (Å²) in [5.74, 6) is 0. The highest BCUT2D eigenvalue weighted by atomic mass is 15.1. The topological polar surface area (TPSA) is 29.9 Å². The predicted molar refractivity (Wildman–Crippen MR) is 59.1 cm³/mol. The van der Waals surface area contributed by atoms with Crippen molar-refractivity contribution in [3.63, 3.8) is 0 Å². The van der Waals surface area contributed by atoms with E-state index in [1.807, 2.05) is 19.6 Å². The van der Waals surface area contributed by atoms with Crippen molar-refractivity contribution >= 4 is 0 Å². The minimum Gasteiger partial charge on any atom is -0.333 e. The molecule has 0 bridgehead atoms. The maximum absolute atomic E-state index is 4.16. The van der Waals surface area contributed by atoms with Gasteiger partial charge in [0.05, 0.1) is 12.0 Å². The summed E-state index contributed by atoms with van der Waals surface area (Å²) in [5, 5.41) is 3.15. The van der Waals surface area contributed by atoms with E-state index in [4.69, 9.17) is 0 Å². The number of hydrogen-bond acceptors (Lipinski definition) is 2. The van der Waals surface area contributed by atoms with Crippen molar-refractivity contribution in [2.75, 3.05) is 7.05 Å². The molecule has 0 unspecified atom stereocenters. The van der Waals surface area contributed by atoms with Crippen LogP contribution < -0.4 is 5.32 Å². The lowest BCUT2D eigenvalue weighted by atomic mass is 10.2. The van der Waals surface area contributed by atoms with Gasteiger partial charge in [-0.15, -0.1) is 0 Å². The zero-order chi connectivity index (χ0) is 10.2. The minimum atomic E-state index is 0.910. The average molecular weight is 195 g/mol. The van der Waals surface area contributed by atoms with Crippen molar-refractivity contribution in [3.8, 4) is 0 Å². The van der Waals surface area contributed by atoms with E-state index in [1.54, 1.807) is 0 Å². The van der Waals surface area contributed by atoms with Gasteiger partial charge in [0.1, 0.15) is 0 Å². The Morgan fingerprint density at radius 2 is 2.21 bits per heavy atom. The first kappa shape index (κ1) is 11.2. The normalized spacial score (nSPS) is 10.7. The van der Waals surface area contributed by atoms with Gasteiger partial charge in [0, 0.05) is 19.3 Å². The highest BCUT2D eigenvalue weighted by Gasteiger charge is 1.99. The van der Waals surface area contributed by atoms with Gasteiger partial charge in [-0.3, -0.25) is 0 Å². The van der Waals surface area contributed by atoms with Gasteiger partial charge in [-0.2, -0.15) is 0 Å². The van der Waals surface area contributed by atoms with E-state index >= 15 is 0 Å². The quantitative estimate of drug-likeness (QED) is 0.676. The fourth-order valence-corrected chi connectivity index (χ4v) is 1.59. The molecule has 80 valence electrons. The molecule has 0 aliphatic rings. The van der Waals surface area contributed by atoms with E-state index in [0.717, 1.165) is 13.1 Å². The highest BCUT2D eigenvalue weighted by molar-refractivity contribution is 4.97. The summed E-state index contributed by atoms with van der Waals surface area (Å²) < 4.78 is 2.24. The minimum absolute atomic E-state index is 0.910. The van der Waals surface area contributed by atoms with E-state index in [9.17, 15) is 0 Å². The largest absolute Gasteiger partial charge is 0.333 e. The second kappa shape index (κ2) is 6.60. The van der Waals surface area contributed by atoms with Crippen LogP contribution in [0.2, 0.25) is 0 Å². The summed E-state index contributed by atoms with van der Waals surface area (Å²) in [7, 11) is 1.97. The van der Waals surface area contributed by atoms with Crippen LogP contribution in [0.4, 0.5) is 0 Å². The summed E-state index contributed by atoms with van der Waals surface area (Å²) in [6.45, 7) is 4.26. The summed E-state index contributed by atoms with van der Waals surface area (Å²) in [6.07, 6.45) is 9.10. The van der Waals surface area contributed by atoms with Crippen LogP contribution in [0.3, 0.4) is 0 Å².